The molecular formula is C19H15BrF3N3O3S. The van der Waals surface area contributed by atoms with E-state index in [1.807, 2.05) is 6.92 Å². The van der Waals surface area contributed by atoms with E-state index in [0.29, 0.717) is 10.2 Å². The van der Waals surface area contributed by atoms with Gasteiger partial charge in [-0.05, 0) is 52.7 Å². The molecule has 3 rings (SSSR count). The zero-order chi connectivity index (χ0) is 21.9. The van der Waals surface area contributed by atoms with Gasteiger partial charge in [0.25, 0.3) is 15.9 Å². The highest BCUT2D eigenvalue weighted by Gasteiger charge is 2.30. The molecule has 1 N–H and O–H groups in total. The minimum absolute atomic E-state index is 0.0338. The van der Waals surface area contributed by atoms with Crippen molar-refractivity contribution in [3.8, 4) is 5.88 Å². The van der Waals surface area contributed by atoms with Crippen LogP contribution in [-0.4, -0.2) is 18.4 Å². The molecule has 6 nitrogen and oxygen atoms in total. The van der Waals surface area contributed by atoms with Gasteiger partial charge < -0.3 is 4.74 Å². The molecule has 0 atom stereocenters. The number of aryl methyl sites for hydroxylation is 1. The van der Waals surface area contributed by atoms with Gasteiger partial charge in [-0.3, -0.25) is 4.72 Å². The molecule has 1 heterocycles. The number of hydrogen-bond donors (Lipinski definition) is 1. The Morgan fingerprint density at radius 2 is 1.70 bits per heavy atom. The van der Waals surface area contributed by atoms with E-state index in [0.717, 1.165) is 17.7 Å². The van der Waals surface area contributed by atoms with Crippen molar-refractivity contribution in [2.45, 2.75) is 24.6 Å². The predicted molar refractivity (Wildman–Crippen MR) is 107 cm³/mol. The summed E-state index contributed by atoms with van der Waals surface area (Å²) in [6.07, 6.45) is -3.14. The summed E-state index contributed by atoms with van der Waals surface area (Å²) in [6, 6.07) is 10.6. The van der Waals surface area contributed by atoms with Gasteiger partial charge in [0.15, 0.2) is 0 Å². The van der Waals surface area contributed by atoms with E-state index < -0.39 is 21.8 Å². The maximum Gasteiger partial charge on any atom is 0.416 e. The van der Waals surface area contributed by atoms with Gasteiger partial charge in [0.1, 0.15) is 11.2 Å². The molecule has 0 fully saturated rings. The van der Waals surface area contributed by atoms with Crippen LogP contribution in [0.15, 0.2) is 64.2 Å². The van der Waals surface area contributed by atoms with E-state index >= 15 is 0 Å². The molecule has 11 heteroatoms. The topological polar surface area (TPSA) is 81.2 Å². The fraction of sp³-hybridized carbons (Fsp3) is 0.158. The molecule has 0 aliphatic heterocycles. The quantitative estimate of drug-likeness (QED) is 0.516. The fourth-order valence-electron chi connectivity index (χ4n) is 2.37. The molecule has 0 saturated heterocycles. The molecule has 0 amide bonds. The van der Waals surface area contributed by atoms with E-state index in [1.165, 1.54) is 30.5 Å². The number of alkyl halides is 3. The van der Waals surface area contributed by atoms with Crippen molar-refractivity contribution >= 4 is 31.8 Å². The third-order valence-electron chi connectivity index (χ3n) is 3.93. The second-order valence-electron chi connectivity index (χ2n) is 6.25. The Kier molecular flexibility index (Phi) is 6.32. The van der Waals surface area contributed by atoms with Crippen molar-refractivity contribution in [2.75, 3.05) is 4.72 Å². The van der Waals surface area contributed by atoms with Gasteiger partial charge in [0, 0.05) is 0 Å². The number of halogens is 4. The summed E-state index contributed by atoms with van der Waals surface area (Å²) in [4.78, 5) is 8.09. The largest absolute Gasteiger partial charge is 0.470 e. The monoisotopic (exact) mass is 501 g/mol. The highest BCUT2D eigenvalue weighted by molar-refractivity contribution is 9.10. The zero-order valence-corrected chi connectivity index (χ0v) is 17.8. The number of rotatable bonds is 6. The Bertz CT molecular complexity index is 1140. The number of nitrogens with zero attached hydrogens (tertiary/aromatic N) is 2. The molecule has 0 radical (unpaired) electrons. The summed E-state index contributed by atoms with van der Waals surface area (Å²) in [6.45, 7) is 1.69. The van der Waals surface area contributed by atoms with Crippen molar-refractivity contribution in [3.63, 3.8) is 0 Å². The van der Waals surface area contributed by atoms with Crippen LogP contribution in [0.1, 0.15) is 16.7 Å². The van der Waals surface area contributed by atoms with Crippen LogP contribution in [-0.2, 0) is 22.8 Å². The van der Waals surface area contributed by atoms with Crippen LogP contribution in [0.3, 0.4) is 0 Å². The maximum atomic E-state index is 12.7. The Balaban J connectivity index is 1.79. The average molecular weight is 502 g/mol. The lowest BCUT2D eigenvalue weighted by molar-refractivity contribution is -0.137. The Hall–Kier alpha value is -2.66. The molecule has 0 bridgehead atoms. The number of hydrogen-bond acceptors (Lipinski definition) is 5. The first-order valence-corrected chi connectivity index (χ1v) is 10.7. The second kappa shape index (κ2) is 8.60. The standard InChI is InChI=1S/C19H15BrF3N3O3S/c1-12-2-8-15(9-3-12)30(27,28)26-17-18(25-16(20)10-24-17)29-11-13-4-6-14(7-5-13)19(21,22)23/h2-10H,11H2,1H3,(H,24,26). The van der Waals surface area contributed by atoms with Crippen LogP contribution in [0.5, 0.6) is 5.88 Å². The van der Waals surface area contributed by atoms with Crippen LogP contribution in [0.2, 0.25) is 0 Å². The minimum atomic E-state index is -4.43. The predicted octanol–water partition coefficient (Wildman–Crippen LogP) is 4.95. The van der Waals surface area contributed by atoms with Crippen molar-refractivity contribution in [1.82, 2.24) is 9.97 Å². The third kappa shape index (κ3) is 5.48. The van der Waals surface area contributed by atoms with Crippen LogP contribution in [0.4, 0.5) is 19.0 Å². The van der Waals surface area contributed by atoms with E-state index in [-0.39, 0.29) is 23.2 Å². The van der Waals surface area contributed by atoms with Gasteiger partial charge in [0.05, 0.1) is 16.7 Å². The lowest BCUT2D eigenvalue weighted by Gasteiger charge is -2.13. The van der Waals surface area contributed by atoms with Gasteiger partial charge >= 0.3 is 6.18 Å². The molecular weight excluding hydrogens is 487 g/mol. The lowest BCUT2D eigenvalue weighted by atomic mass is 10.1. The Labute approximate surface area is 179 Å². The SMILES string of the molecule is Cc1ccc(S(=O)(=O)Nc2ncc(Br)nc2OCc2ccc(C(F)(F)F)cc2)cc1. The number of anilines is 1. The number of nitrogens with one attached hydrogen (secondary N) is 1. The maximum absolute atomic E-state index is 12.7. The highest BCUT2D eigenvalue weighted by Crippen LogP contribution is 2.30. The number of ether oxygens (including phenoxy) is 1. The first-order chi connectivity index (χ1) is 14.0. The van der Waals surface area contributed by atoms with E-state index in [1.54, 1.807) is 12.1 Å². The second-order valence-corrected chi connectivity index (χ2v) is 8.74. The molecule has 0 aliphatic carbocycles. The van der Waals surface area contributed by atoms with Gasteiger partial charge in [-0.2, -0.15) is 13.2 Å². The molecule has 0 saturated carbocycles. The smallest absolute Gasteiger partial charge is 0.416 e. The fourth-order valence-corrected chi connectivity index (χ4v) is 3.64. The zero-order valence-electron chi connectivity index (χ0n) is 15.4. The van der Waals surface area contributed by atoms with Crippen molar-refractivity contribution in [2.24, 2.45) is 0 Å². The van der Waals surface area contributed by atoms with Crippen LogP contribution in [0, 0.1) is 6.92 Å². The Morgan fingerprint density at radius 1 is 1.07 bits per heavy atom. The summed E-state index contributed by atoms with van der Waals surface area (Å²) in [5, 5.41) is 0. The van der Waals surface area contributed by atoms with Gasteiger partial charge in [-0.1, -0.05) is 29.8 Å². The van der Waals surface area contributed by atoms with Gasteiger partial charge in [-0.15, -0.1) is 0 Å². The van der Waals surface area contributed by atoms with Crippen molar-refractivity contribution in [3.05, 3.63) is 76.0 Å². The number of sulfonamides is 1. The highest BCUT2D eigenvalue weighted by atomic mass is 79.9. The van der Waals surface area contributed by atoms with E-state index in [4.69, 9.17) is 4.74 Å². The summed E-state index contributed by atoms with van der Waals surface area (Å²) < 4.78 is 71.3. The molecule has 0 spiro atoms. The normalized spacial score (nSPS) is 11.9. The first-order valence-electron chi connectivity index (χ1n) is 8.45. The summed E-state index contributed by atoms with van der Waals surface area (Å²) >= 11 is 3.13. The minimum Gasteiger partial charge on any atom is -0.470 e. The third-order valence-corrected chi connectivity index (χ3v) is 5.67. The Morgan fingerprint density at radius 3 is 2.30 bits per heavy atom. The first kappa shape index (κ1) is 22.0. The molecule has 0 aliphatic rings. The van der Waals surface area contributed by atoms with Gasteiger partial charge in [0.2, 0.25) is 5.82 Å². The lowest BCUT2D eigenvalue weighted by Crippen LogP contribution is -2.15. The summed E-state index contributed by atoms with van der Waals surface area (Å²) in [5.74, 6) is -0.273. The van der Waals surface area contributed by atoms with Crippen molar-refractivity contribution < 1.29 is 26.3 Å². The van der Waals surface area contributed by atoms with Crippen LogP contribution >= 0.6 is 15.9 Å². The molecule has 30 heavy (non-hydrogen) atoms. The molecule has 2 aromatic carbocycles. The van der Waals surface area contributed by atoms with Gasteiger partial charge in [-0.25, -0.2) is 18.4 Å². The molecule has 1 aromatic heterocycles. The number of benzene rings is 2. The molecule has 0 unspecified atom stereocenters. The number of aromatic nitrogens is 2. The summed E-state index contributed by atoms with van der Waals surface area (Å²) in [5.41, 5.74) is 0.565. The van der Waals surface area contributed by atoms with Crippen molar-refractivity contribution in [1.29, 1.82) is 0 Å². The van der Waals surface area contributed by atoms with E-state index in [2.05, 4.69) is 30.6 Å². The molecule has 3 aromatic rings. The van der Waals surface area contributed by atoms with E-state index in [9.17, 15) is 21.6 Å². The molecule has 158 valence electrons. The van der Waals surface area contributed by atoms with Crippen LogP contribution < -0.4 is 9.46 Å². The van der Waals surface area contributed by atoms with Crippen LogP contribution in [0.25, 0.3) is 0 Å². The average Bonchev–Trinajstić information content (AvgIpc) is 2.68. The summed E-state index contributed by atoms with van der Waals surface area (Å²) in [7, 11) is -3.94.